The second-order valence-electron chi connectivity index (χ2n) is 5.27. The predicted molar refractivity (Wildman–Crippen MR) is 80.6 cm³/mol. The topological polar surface area (TPSA) is 12.0 Å². The molecule has 0 aliphatic heterocycles. The third-order valence-corrected chi connectivity index (χ3v) is 4.11. The average molecular weight is 290 g/mol. The van der Waals surface area contributed by atoms with Gasteiger partial charge in [0.1, 0.15) is 5.82 Å². The molecular weight excluding hydrogens is 273 g/mol. The molecule has 1 atom stereocenters. The fourth-order valence-corrected chi connectivity index (χ4v) is 3.08. The van der Waals surface area contributed by atoms with E-state index in [-0.39, 0.29) is 5.82 Å². The summed E-state index contributed by atoms with van der Waals surface area (Å²) in [5.41, 5.74) is 3.74. The summed E-state index contributed by atoms with van der Waals surface area (Å²) in [6.45, 7) is 0.857. The van der Waals surface area contributed by atoms with Crippen LogP contribution in [0.2, 0.25) is 5.02 Å². The lowest BCUT2D eigenvalue weighted by Gasteiger charge is -2.14. The Morgan fingerprint density at radius 3 is 2.95 bits per heavy atom. The van der Waals surface area contributed by atoms with E-state index >= 15 is 0 Å². The molecule has 1 aliphatic carbocycles. The largest absolute Gasteiger partial charge is 0.310 e. The average Bonchev–Trinajstić information content (AvgIpc) is 2.81. The summed E-state index contributed by atoms with van der Waals surface area (Å²) in [6, 6.07) is 13.3. The minimum Gasteiger partial charge on any atom is -0.310 e. The highest BCUT2D eigenvalue weighted by atomic mass is 35.5. The maximum Gasteiger partial charge on any atom is 0.123 e. The van der Waals surface area contributed by atoms with E-state index in [1.165, 1.54) is 17.2 Å². The van der Waals surface area contributed by atoms with Gasteiger partial charge in [-0.25, -0.2) is 4.39 Å². The molecule has 1 aliphatic rings. The van der Waals surface area contributed by atoms with Crippen LogP contribution >= 0.6 is 11.6 Å². The van der Waals surface area contributed by atoms with Crippen molar-refractivity contribution < 1.29 is 4.39 Å². The summed E-state index contributed by atoms with van der Waals surface area (Å²) in [7, 11) is 0. The maximum atomic E-state index is 13.1. The third-order valence-electron chi connectivity index (χ3n) is 3.88. The predicted octanol–water partition coefficient (Wildman–Crippen LogP) is 4.30. The summed E-state index contributed by atoms with van der Waals surface area (Å²) < 4.78 is 13.1. The van der Waals surface area contributed by atoms with E-state index in [0.717, 1.165) is 36.4 Å². The van der Waals surface area contributed by atoms with Crippen LogP contribution in [0.5, 0.6) is 0 Å². The number of aryl methyl sites for hydroxylation is 1. The molecule has 20 heavy (non-hydrogen) atoms. The van der Waals surface area contributed by atoms with Crippen LogP contribution in [0.25, 0.3) is 0 Å². The van der Waals surface area contributed by atoms with Crippen molar-refractivity contribution in [3.05, 3.63) is 70.0 Å². The van der Waals surface area contributed by atoms with Crippen molar-refractivity contribution in [2.45, 2.75) is 25.3 Å². The van der Waals surface area contributed by atoms with E-state index in [4.69, 9.17) is 11.6 Å². The van der Waals surface area contributed by atoms with Gasteiger partial charge in [-0.2, -0.15) is 0 Å². The van der Waals surface area contributed by atoms with Gasteiger partial charge < -0.3 is 5.32 Å². The first-order valence-electron chi connectivity index (χ1n) is 6.98. The van der Waals surface area contributed by atoms with Gasteiger partial charge in [-0.1, -0.05) is 29.8 Å². The highest BCUT2D eigenvalue weighted by Gasteiger charge is 2.21. The third kappa shape index (κ3) is 3.02. The Kier molecular flexibility index (Phi) is 4.04. The van der Waals surface area contributed by atoms with Crippen LogP contribution in [-0.4, -0.2) is 6.54 Å². The zero-order valence-electron chi connectivity index (χ0n) is 11.2. The maximum absolute atomic E-state index is 13.1. The Bertz CT molecular complexity index is 612. The highest BCUT2D eigenvalue weighted by molar-refractivity contribution is 6.30. The molecule has 0 amide bonds. The fraction of sp³-hybridized carbons (Fsp3) is 0.294. The molecule has 0 fully saturated rings. The summed E-state index contributed by atoms with van der Waals surface area (Å²) >= 11 is 6.01. The molecular formula is C17H17ClFN. The van der Waals surface area contributed by atoms with E-state index in [2.05, 4.69) is 17.4 Å². The van der Waals surface area contributed by atoms with Crippen LogP contribution < -0.4 is 5.32 Å². The van der Waals surface area contributed by atoms with Crippen molar-refractivity contribution in [1.29, 1.82) is 0 Å². The number of nitrogens with one attached hydrogen (secondary N) is 1. The van der Waals surface area contributed by atoms with Crippen LogP contribution in [0.1, 0.15) is 29.2 Å². The van der Waals surface area contributed by atoms with Gasteiger partial charge in [-0.3, -0.25) is 0 Å². The first-order chi connectivity index (χ1) is 9.72. The lowest BCUT2D eigenvalue weighted by Crippen LogP contribution is -2.21. The van der Waals surface area contributed by atoms with Crippen molar-refractivity contribution in [2.75, 3.05) is 6.54 Å². The van der Waals surface area contributed by atoms with Crippen molar-refractivity contribution in [1.82, 2.24) is 5.32 Å². The monoisotopic (exact) mass is 289 g/mol. The van der Waals surface area contributed by atoms with Gasteiger partial charge in [0.05, 0.1) is 0 Å². The number of halogens is 2. The Balaban J connectivity index is 1.58. The second-order valence-corrected chi connectivity index (χ2v) is 5.70. The van der Waals surface area contributed by atoms with E-state index in [9.17, 15) is 4.39 Å². The molecule has 0 saturated carbocycles. The van der Waals surface area contributed by atoms with Crippen LogP contribution in [-0.2, 0) is 12.8 Å². The number of benzene rings is 2. The Labute approximate surface area is 123 Å². The van der Waals surface area contributed by atoms with E-state index < -0.39 is 0 Å². The Morgan fingerprint density at radius 1 is 1.20 bits per heavy atom. The number of fused-ring (bicyclic) bond motifs is 1. The molecule has 0 bridgehead atoms. The first-order valence-corrected chi connectivity index (χ1v) is 7.36. The summed E-state index contributed by atoms with van der Waals surface area (Å²) in [5, 5.41) is 4.37. The van der Waals surface area contributed by atoms with E-state index in [1.54, 1.807) is 12.1 Å². The zero-order valence-corrected chi connectivity index (χ0v) is 12.0. The first kappa shape index (κ1) is 13.6. The molecule has 1 nitrogen and oxygen atoms in total. The molecule has 0 radical (unpaired) electrons. The second kappa shape index (κ2) is 5.94. The molecule has 2 aromatic rings. The molecule has 1 N–H and O–H groups in total. The lowest BCUT2D eigenvalue weighted by molar-refractivity contribution is 0.533. The molecule has 0 spiro atoms. The van der Waals surface area contributed by atoms with E-state index in [1.807, 2.05) is 12.1 Å². The number of hydrogen-bond acceptors (Lipinski definition) is 1. The normalized spacial score (nSPS) is 17.2. The highest BCUT2D eigenvalue weighted by Crippen LogP contribution is 2.32. The van der Waals surface area contributed by atoms with Crippen LogP contribution in [0.4, 0.5) is 4.39 Å². The molecule has 0 heterocycles. The van der Waals surface area contributed by atoms with Gasteiger partial charge >= 0.3 is 0 Å². The van der Waals surface area contributed by atoms with Gasteiger partial charge in [0.2, 0.25) is 0 Å². The van der Waals surface area contributed by atoms with Gasteiger partial charge in [0, 0.05) is 11.1 Å². The smallest absolute Gasteiger partial charge is 0.123 e. The fourth-order valence-electron chi connectivity index (χ4n) is 2.88. The SMILES string of the molecule is Fc1cccc(CCNC2CCc3cc(Cl)ccc32)c1. The Morgan fingerprint density at radius 2 is 2.10 bits per heavy atom. The molecule has 3 heteroatoms. The van der Waals surface area contributed by atoms with Crippen molar-refractivity contribution in [2.24, 2.45) is 0 Å². The van der Waals surface area contributed by atoms with Crippen molar-refractivity contribution in [3.63, 3.8) is 0 Å². The standard InChI is InChI=1S/C17H17ClFN/c18-14-5-6-16-13(11-14)4-7-17(16)20-9-8-12-2-1-3-15(19)10-12/h1-3,5-6,10-11,17,20H,4,7-9H2. The molecule has 1 unspecified atom stereocenters. The van der Waals surface area contributed by atoms with Crippen molar-refractivity contribution in [3.8, 4) is 0 Å². The molecule has 0 saturated heterocycles. The van der Waals surface area contributed by atoms with Gasteiger partial charge in [-0.05, 0) is 66.8 Å². The zero-order chi connectivity index (χ0) is 13.9. The molecule has 104 valence electrons. The van der Waals surface area contributed by atoms with Crippen LogP contribution in [0, 0.1) is 5.82 Å². The van der Waals surface area contributed by atoms with Gasteiger partial charge in [0.25, 0.3) is 0 Å². The summed E-state index contributed by atoms with van der Waals surface area (Å²) in [6.07, 6.45) is 3.03. The number of hydrogen-bond donors (Lipinski definition) is 1. The van der Waals surface area contributed by atoms with Crippen LogP contribution in [0.15, 0.2) is 42.5 Å². The van der Waals surface area contributed by atoms with Crippen LogP contribution in [0.3, 0.4) is 0 Å². The van der Waals surface area contributed by atoms with Crippen molar-refractivity contribution >= 4 is 11.6 Å². The minimum absolute atomic E-state index is 0.164. The van der Waals surface area contributed by atoms with E-state index in [0.29, 0.717) is 6.04 Å². The Hall–Kier alpha value is -1.38. The molecule has 3 rings (SSSR count). The summed E-state index contributed by atoms with van der Waals surface area (Å²) in [4.78, 5) is 0. The number of rotatable bonds is 4. The minimum atomic E-state index is -0.164. The quantitative estimate of drug-likeness (QED) is 0.885. The molecule has 2 aromatic carbocycles. The summed E-state index contributed by atoms with van der Waals surface area (Å²) in [5.74, 6) is -0.164. The lowest BCUT2D eigenvalue weighted by atomic mass is 10.1. The van der Waals surface area contributed by atoms with Gasteiger partial charge in [0.15, 0.2) is 0 Å². The molecule has 0 aromatic heterocycles. The van der Waals surface area contributed by atoms with Gasteiger partial charge in [-0.15, -0.1) is 0 Å².